The molecule has 2 heterocycles. The summed E-state index contributed by atoms with van der Waals surface area (Å²) in [5, 5.41) is 5.95. The predicted molar refractivity (Wildman–Crippen MR) is 90.6 cm³/mol. The van der Waals surface area contributed by atoms with Gasteiger partial charge in [-0.05, 0) is 0 Å². The maximum absolute atomic E-state index is 12.3. The third-order valence-electron chi connectivity index (χ3n) is 3.36. The number of H-pyrrole nitrogens is 1. The predicted octanol–water partition coefficient (Wildman–Crippen LogP) is -0.584. The number of ether oxygens (including phenoxy) is 1. The number of hydrogen-bond donors (Lipinski definition) is 5. The number of carbonyl (C=O) groups excluding carboxylic acids is 1. The van der Waals surface area contributed by atoms with Gasteiger partial charge in [-0.3, -0.25) is 4.79 Å². The molecule has 0 saturated carbocycles. The van der Waals surface area contributed by atoms with Crippen LogP contribution in [0.2, 0.25) is 0 Å². The van der Waals surface area contributed by atoms with Crippen molar-refractivity contribution in [1.82, 2.24) is 25.6 Å². The van der Waals surface area contributed by atoms with E-state index >= 15 is 0 Å². The maximum Gasteiger partial charge on any atom is 0.270 e. The minimum absolute atomic E-state index is 0.271. The molecule has 7 N–H and O–H groups in total. The molecule has 0 atom stereocenters. The van der Waals surface area contributed by atoms with Crippen LogP contribution in [0.5, 0.6) is 5.75 Å². The first-order valence-electron chi connectivity index (χ1n) is 7.65. The molecule has 9 nitrogen and oxygen atoms in total. The second-order valence-corrected chi connectivity index (χ2v) is 5.12. The van der Waals surface area contributed by atoms with Gasteiger partial charge in [-0.15, -0.1) is 0 Å². The van der Waals surface area contributed by atoms with Crippen molar-refractivity contribution in [3.63, 3.8) is 0 Å². The third kappa shape index (κ3) is 4.93. The summed E-state index contributed by atoms with van der Waals surface area (Å²) in [6.07, 6.45) is 2.09. The lowest BCUT2D eigenvalue weighted by Gasteiger charge is -2.09. The number of nitrogen functional groups attached to an aromatic ring is 1. The molecule has 0 saturated heterocycles. The van der Waals surface area contributed by atoms with Gasteiger partial charge in [0.15, 0.2) is 0 Å². The molecule has 0 aliphatic heterocycles. The number of amides is 1. The van der Waals surface area contributed by atoms with Crippen molar-refractivity contribution >= 4 is 11.7 Å². The molecule has 24 heavy (non-hydrogen) atoms. The molecule has 130 valence electrons. The largest absolute Gasteiger partial charge is 0.497 e. The van der Waals surface area contributed by atoms with Gasteiger partial charge < -0.3 is 31.8 Å². The molecule has 0 aromatic carbocycles. The van der Waals surface area contributed by atoms with Crippen molar-refractivity contribution in [3.8, 4) is 5.75 Å². The van der Waals surface area contributed by atoms with Crippen molar-refractivity contribution in [2.75, 3.05) is 32.5 Å². The summed E-state index contributed by atoms with van der Waals surface area (Å²) in [5.74, 6) is 0.751. The average molecular weight is 333 g/mol. The van der Waals surface area contributed by atoms with Gasteiger partial charge >= 0.3 is 0 Å². The van der Waals surface area contributed by atoms with E-state index in [9.17, 15) is 4.79 Å². The van der Waals surface area contributed by atoms with Gasteiger partial charge in [0, 0.05) is 44.7 Å². The highest BCUT2D eigenvalue weighted by atomic mass is 16.5. The van der Waals surface area contributed by atoms with E-state index in [1.165, 1.54) is 6.33 Å². The minimum atomic E-state index is -0.271. The molecule has 0 bridgehead atoms. The number of rotatable bonds is 9. The molecular formula is C15H23N7O2. The second-order valence-electron chi connectivity index (χ2n) is 5.12. The van der Waals surface area contributed by atoms with E-state index in [0.717, 1.165) is 5.69 Å². The topological polar surface area (TPSA) is 144 Å². The second kappa shape index (κ2) is 8.85. The Hall–Kier alpha value is -2.65. The zero-order valence-corrected chi connectivity index (χ0v) is 13.6. The number of nitrogens with one attached hydrogen (secondary N) is 3. The van der Waals surface area contributed by atoms with Gasteiger partial charge in [-0.25, -0.2) is 9.97 Å². The molecule has 0 fully saturated rings. The van der Waals surface area contributed by atoms with Gasteiger partial charge in [0.2, 0.25) is 0 Å². The lowest BCUT2D eigenvalue weighted by molar-refractivity contribution is 0.0948. The number of carbonyl (C=O) groups is 1. The van der Waals surface area contributed by atoms with E-state index in [1.54, 1.807) is 19.2 Å². The molecule has 0 spiro atoms. The Morgan fingerprint density at radius 2 is 2.21 bits per heavy atom. The molecule has 1 amide bonds. The summed E-state index contributed by atoms with van der Waals surface area (Å²) >= 11 is 0. The van der Waals surface area contributed by atoms with Crippen LogP contribution in [0.1, 0.15) is 21.9 Å². The average Bonchev–Trinajstić information content (AvgIpc) is 3.00. The highest BCUT2D eigenvalue weighted by Crippen LogP contribution is 2.14. The number of hydrogen-bond acceptors (Lipinski definition) is 7. The van der Waals surface area contributed by atoms with Crippen LogP contribution in [0.4, 0.5) is 5.82 Å². The van der Waals surface area contributed by atoms with E-state index in [1.807, 2.05) is 0 Å². The summed E-state index contributed by atoms with van der Waals surface area (Å²) in [6.45, 7) is 2.14. The van der Waals surface area contributed by atoms with Crippen LogP contribution in [0.15, 0.2) is 18.5 Å². The number of nitrogens with two attached hydrogens (primary N) is 2. The van der Waals surface area contributed by atoms with Crippen LogP contribution < -0.4 is 26.8 Å². The summed E-state index contributed by atoms with van der Waals surface area (Å²) in [4.78, 5) is 23.5. The van der Waals surface area contributed by atoms with E-state index < -0.39 is 0 Å². The first-order valence-corrected chi connectivity index (χ1v) is 7.65. The number of imidazole rings is 1. The zero-order chi connectivity index (χ0) is 17.4. The van der Waals surface area contributed by atoms with Crippen LogP contribution in [0, 0.1) is 0 Å². The van der Waals surface area contributed by atoms with Gasteiger partial charge in [0.1, 0.15) is 17.3 Å². The summed E-state index contributed by atoms with van der Waals surface area (Å²) in [6, 6.07) is 3.39. The van der Waals surface area contributed by atoms with Crippen molar-refractivity contribution < 1.29 is 9.53 Å². The van der Waals surface area contributed by atoms with Crippen LogP contribution in [-0.2, 0) is 13.0 Å². The van der Waals surface area contributed by atoms with Crippen LogP contribution in [0.25, 0.3) is 0 Å². The number of anilines is 1. The fraction of sp³-hybridized carbons (Fsp3) is 0.400. The maximum atomic E-state index is 12.3. The van der Waals surface area contributed by atoms with Crippen molar-refractivity contribution in [3.05, 3.63) is 35.5 Å². The van der Waals surface area contributed by atoms with Crippen LogP contribution in [-0.4, -0.2) is 47.6 Å². The van der Waals surface area contributed by atoms with E-state index in [0.29, 0.717) is 55.6 Å². The number of nitrogens with zero attached hydrogens (tertiary/aromatic N) is 2. The molecule has 0 aliphatic carbocycles. The molecule has 2 aromatic heterocycles. The Morgan fingerprint density at radius 3 is 2.88 bits per heavy atom. The minimum Gasteiger partial charge on any atom is -0.497 e. The third-order valence-corrected chi connectivity index (χ3v) is 3.36. The normalized spacial score (nSPS) is 10.6. The molecule has 0 aliphatic rings. The summed E-state index contributed by atoms with van der Waals surface area (Å²) in [5.41, 5.74) is 12.9. The van der Waals surface area contributed by atoms with Gasteiger partial charge in [-0.1, -0.05) is 0 Å². The highest BCUT2D eigenvalue weighted by Gasteiger charge is 2.11. The Morgan fingerprint density at radius 1 is 1.38 bits per heavy atom. The van der Waals surface area contributed by atoms with E-state index in [2.05, 4.69) is 25.6 Å². The molecular weight excluding hydrogens is 310 g/mol. The van der Waals surface area contributed by atoms with Gasteiger partial charge in [0.25, 0.3) is 5.91 Å². The Kier molecular flexibility index (Phi) is 6.52. The van der Waals surface area contributed by atoms with Crippen LogP contribution in [0.3, 0.4) is 0 Å². The number of methoxy groups -OCH3 is 1. The van der Waals surface area contributed by atoms with Crippen molar-refractivity contribution in [2.45, 2.75) is 13.0 Å². The molecule has 0 radical (unpaired) electrons. The van der Waals surface area contributed by atoms with Crippen molar-refractivity contribution in [2.24, 2.45) is 5.73 Å². The smallest absolute Gasteiger partial charge is 0.270 e. The number of aromatic nitrogens is 3. The highest BCUT2D eigenvalue weighted by molar-refractivity contribution is 5.92. The first kappa shape index (κ1) is 17.7. The standard InChI is InChI=1S/C15H23N7O2/c1-24-11-6-10(8-18-5-3-16)22-13(7-11)15(23)19-4-2-12-14(17)21-9-20-12/h6-7,9,18H,2-5,8,16-17H2,1H3,(H,19,23)(H,20,21). The molecule has 9 heteroatoms. The van der Waals surface area contributed by atoms with Crippen molar-refractivity contribution in [1.29, 1.82) is 0 Å². The lowest BCUT2D eigenvalue weighted by Crippen LogP contribution is -2.28. The monoisotopic (exact) mass is 333 g/mol. The fourth-order valence-electron chi connectivity index (χ4n) is 2.13. The van der Waals surface area contributed by atoms with E-state index in [4.69, 9.17) is 16.2 Å². The SMILES string of the molecule is COc1cc(CNCCN)nc(C(=O)NCCc2[nH]cnc2N)c1. The summed E-state index contributed by atoms with van der Waals surface area (Å²) < 4.78 is 5.23. The molecule has 2 rings (SSSR count). The van der Waals surface area contributed by atoms with Crippen LogP contribution >= 0.6 is 0 Å². The number of pyridine rings is 1. The van der Waals surface area contributed by atoms with Gasteiger partial charge in [0.05, 0.1) is 24.8 Å². The Balaban J connectivity index is 1.96. The Labute approximate surface area is 140 Å². The van der Waals surface area contributed by atoms with Gasteiger partial charge in [-0.2, -0.15) is 0 Å². The summed E-state index contributed by atoms with van der Waals surface area (Å²) in [7, 11) is 1.55. The fourth-order valence-corrected chi connectivity index (χ4v) is 2.13. The first-order chi connectivity index (χ1) is 11.6. The Bertz CT molecular complexity index is 672. The van der Waals surface area contributed by atoms with E-state index in [-0.39, 0.29) is 5.91 Å². The molecule has 2 aromatic rings. The quantitative estimate of drug-likeness (QED) is 0.386. The lowest BCUT2D eigenvalue weighted by atomic mass is 10.2. The number of aromatic amines is 1. The zero-order valence-electron chi connectivity index (χ0n) is 13.6. The molecule has 0 unspecified atom stereocenters.